The van der Waals surface area contributed by atoms with Crippen molar-refractivity contribution in [1.29, 1.82) is 5.26 Å². The Labute approximate surface area is 205 Å². The Morgan fingerprint density at radius 1 is 1.24 bits per heavy atom. The Kier molecular flexibility index (Phi) is 8.08. The number of likely N-dealkylation sites (tertiary alicyclic amines) is 2. The molecule has 2 aromatic rings. The van der Waals surface area contributed by atoms with Crippen molar-refractivity contribution in [3.05, 3.63) is 28.7 Å². The highest BCUT2D eigenvalue weighted by molar-refractivity contribution is 7.14. The number of amides is 1. The van der Waals surface area contributed by atoms with Crippen molar-refractivity contribution in [1.82, 2.24) is 30.1 Å². The summed E-state index contributed by atoms with van der Waals surface area (Å²) < 4.78 is 0. The second-order valence-electron chi connectivity index (χ2n) is 9.50. The van der Waals surface area contributed by atoms with Crippen molar-refractivity contribution in [3.63, 3.8) is 0 Å². The van der Waals surface area contributed by atoms with E-state index < -0.39 is 0 Å². The zero-order valence-corrected chi connectivity index (χ0v) is 21.1. The predicted molar refractivity (Wildman–Crippen MR) is 133 cm³/mol. The van der Waals surface area contributed by atoms with Crippen LogP contribution < -0.4 is 10.6 Å². The summed E-state index contributed by atoms with van der Waals surface area (Å²) in [5, 5.41) is 17.9. The van der Waals surface area contributed by atoms with Gasteiger partial charge in [0.15, 0.2) is 5.13 Å². The van der Waals surface area contributed by atoms with Gasteiger partial charge < -0.3 is 15.5 Å². The van der Waals surface area contributed by atoms with Crippen LogP contribution in [0.15, 0.2) is 11.4 Å². The Hall–Kier alpha value is -2.61. The third-order valence-electron chi connectivity index (χ3n) is 6.64. The summed E-state index contributed by atoms with van der Waals surface area (Å²) in [7, 11) is 0. The first kappa shape index (κ1) is 24.5. The summed E-state index contributed by atoms with van der Waals surface area (Å²) >= 11 is 1.40. The molecule has 0 aromatic carbocycles. The number of hydrogen-bond donors (Lipinski definition) is 2. The van der Waals surface area contributed by atoms with Crippen LogP contribution in [0.25, 0.3) is 0 Å². The summed E-state index contributed by atoms with van der Waals surface area (Å²) in [5.41, 5.74) is 1.42. The molecule has 0 saturated carbocycles. The molecule has 0 bridgehead atoms. The molecule has 182 valence electrons. The molecule has 9 nitrogen and oxygen atoms in total. The van der Waals surface area contributed by atoms with Gasteiger partial charge in [-0.3, -0.25) is 9.69 Å². The number of carbonyl (C=O) groups excluding carboxylic acids is 1. The van der Waals surface area contributed by atoms with Crippen LogP contribution in [0.2, 0.25) is 0 Å². The predicted octanol–water partition coefficient (Wildman–Crippen LogP) is 3.29. The van der Waals surface area contributed by atoms with Gasteiger partial charge in [0.1, 0.15) is 17.3 Å². The summed E-state index contributed by atoms with van der Waals surface area (Å²) in [6.07, 6.45) is 4.04. The van der Waals surface area contributed by atoms with E-state index in [-0.39, 0.29) is 17.9 Å². The number of aromatic nitrogens is 3. The molecule has 1 amide bonds. The van der Waals surface area contributed by atoms with Crippen LogP contribution in [0.5, 0.6) is 0 Å². The fourth-order valence-electron chi connectivity index (χ4n) is 4.77. The third kappa shape index (κ3) is 6.29. The minimum atomic E-state index is -0.119. The number of nitrogens with zero attached hydrogens (tertiary/aromatic N) is 6. The molecule has 2 aromatic heterocycles. The van der Waals surface area contributed by atoms with Crippen molar-refractivity contribution in [2.45, 2.75) is 64.5 Å². The molecule has 0 spiro atoms. The number of carbonyl (C=O) groups is 1. The van der Waals surface area contributed by atoms with E-state index in [2.05, 4.69) is 55.3 Å². The third-order valence-corrected chi connectivity index (χ3v) is 7.40. The fourth-order valence-corrected chi connectivity index (χ4v) is 5.47. The van der Waals surface area contributed by atoms with Crippen LogP contribution >= 0.6 is 11.3 Å². The van der Waals surface area contributed by atoms with Gasteiger partial charge in [-0.25, -0.2) is 15.0 Å². The molecule has 0 aliphatic carbocycles. The zero-order chi connectivity index (χ0) is 24.1. The number of piperidine rings is 2. The quantitative estimate of drug-likeness (QED) is 0.579. The number of nitriles is 1. The van der Waals surface area contributed by atoms with Gasteiger partial charge in [-0.05, 0) is 53.0 Å². The van der Waals surface area contributed by atoms with Gasteiger partial charge in [-0.1, -0.05) is 0 Å². The van der Waals surface area contributed by atoms with Crippen LogP contribution in [0, 0.1) is 18.3 Å². The molecule has 2 fully saturated rings. The molecule has 2 N–H and O–H groups in total. The molecule has 2 aliphatic rings. The van der Waals surface area contributed by atoms with Crippen molar-refractivity contribution >= 4 is 28.2 Å². The minimum Gasteiger partial charge on any atom is -0.348 e. The lowest BCUT2D eigenvalue weighted by Crippen LogP contribution is -2.46. The number of nitrogens with one attached hydrogen (secondary N) is 2. The van der Waals surface area contributed by atoms with E-state index in [1.54, 1.807) is 5.38 Å². The first-order valence-electron chi connectivity index (χ1n) is 12.1. The molecular weight excluding hydrogens is 448 g/mol. The van der Waals surface area contributed by atoms with Gasteiger partial charge >= 0.3 is 0 Å². The van der Waals surface area contributed by atoms with Crippen LogP contribution in [0.3, 0.4) is 0 Å². The SMILES string of the molecule is Cc1nc(Nc2nc(C(=O)NC3CCN(C(C)C)CC3)cs2)cc(C2CCCN(CC#N)C2)n1. The maximum absolute atomic E-state index is 12.7. The van der Waals surface area contributed by atoms with E-state index in [0.29, 0.717) is 35.1 Å². The smallest absolute Gasteiger partial charge is 0.271 e. The first-order valence-corrected chi connectivity index (χ1v) is 13.0. The van der Waals surface area contributed by atoms with Crippen molar-refractivity contribution in [2.75, 3.05) is 38.0 Å². The summed E-state index contributed by atoms with van der Waals surface area (Å²) in [5.74, 6) is 1.54. The number of hydrogen-bond acceptors (Lipinski definition) is 9. The fraction of sp³-hybridized carbons (Fsp3) is 0.625. The van der Waals surface area contributed by atoms with E-state index in [1.165, 1.54) is 11.3 Å². The summed E-state index contributed by atoms with van der Waals surface area (Å²) in [4.78, 5) is 31.0. The summed E-state index contributed by atoms with van der Waals surface area (Å²) in [6, 6.07) is 4.96. The Balaban J connectivity index is 1.36. The Morgan fingerprint density at radius 3 is 2.76 bits per heavy atom. The molecule has 0 radical (unpaired) electrons. The molecule has 1 atom stereocenters. The van der Waals surface area contributed by atoms with Crippen LogP contribution in [0.4, 0.5) is 10.9 Å². The molecule has 34 heavy (non-hydrogen) atoms. The molecule has 1 unspecified atom stereocenters. The maximum atomic E-state index is 12.7. The average molecular weight is 483 g/mol. The van der Waals surface area contributed by atoms with Crippen molar-refractivity contribution < 1.29 is 4.79 Å². The van der Waals surface area contributed by atoms with Gasteiger partial charge in [0.25, 0.3) is 5.91 Å². The lowest BCUT2D eigenvalue weighted by atomic mass is 9.94. The molecule has 4 rings (SSSR count). The van der Waals surface area contributed by atoms with Crippen molar-refractivity contribution in [3.8, 4) is 6.07 Å². The average Bonchev–Trinajstić information content (AvgIpc) is 3.28. The number of rotatable bonds is 7. The monoisotopic (exact) mass is 482 g/mol. The zero-order valence-electron chi connectivity index (χ0n) is 20.3. The largest absolute Gasteiger partial charge is 0.348 e. The van der Waals surface area contributed by atoms with E-state index >= 15 is 0 Å². The van der Waals surface area contributed by atoms with E-state index in [1.807, 2.05) is 13.0 Å². The lowest BCUT2D eigenvalue weighted by Gasteiger charge is -2.34. The number of thiazole rings is 1. The van der Waals surface area contributed by atoms with Gasteiger partial charge in [-0.2, -0.15) is 5.26 Å². The minimum absolute atomic E-state index is 0.119. The highest BCUT2D eigenvalue weighted by Gasteiger charge is 2.25. The Morgan fingerprint density at radius 2 is 2.03 bits per heavy atom. The van der Waals surface area contributed by atoms with Gasteiger partial charge in [0, 0.05) is 49.1 Å². The maximum Gasteiger partial charge on any atom is 0.271 e. The number of aryl methyl sites for hydroxylation is 1. The molecule has 10 heteroatoms. The van der Waals surface area contributed by atoms with Crippen molar-refractivity contribution in [2.24, 2.45) is 0 Å². The second-order valence-corrected chi connectivity index (χ2v) is 10.4. The normalized spacial score (nSPS) is 20.3. The molecule has 4 heterocycles. The highest BCUT2D eigenvalue weighted by atomic mass is 32.1. The molecular formula is C24H34N8OS. The topological polar surface area (TPSA) is 110 Å². The van der Waals surface area contributed by atoms with E-state index in [0.717, 1.165) is 57.6 Å². The van der Waals surface area contributed by atoms with E-state index in [4.69, 9.17) is 5.26 Å². The van der Waals surface area contributed by atoms with Crippen LogP contribution in [-0.2, 0) is 0 Å². The highest BCUT2D eigenvalue weighted by Crippen LogP contribution is 2.28. The summed E-state index contributed by atoms with van der Waals surface area (Å²) in [6.45, 7) is 10.6. The molecule has 2 saturated heterocycles. The first-order chi connectivity index (χ1) is 16.4. The van der Waals surface area contributed by atoms with Gasteiger partial charge in [0.05, 0.1) is 18.3 Å². The molecule has 2 aliphatic heterocycles. The van der Waals surface area contributed by atoms with Crippen LogP contribution in [-0.4, -0.2) is 75.5 Å². The Bertz CT molecular complexity index is 1020. The standard InChI is InChI=1S/C24H34N8OS/c1-16(2)32-10-6-19(7-11-32)28-23(33)21-15-34-24(29-21)30-22-13-20(26-17(3)27-22)18-5-4-9-31(14-18)12-8-25/h13,15-16,18-19H,4-7,9-12,14H2,1-3H3,(H,28,33)(H,26,27,29,30). The van der Waals surface area contributed by atoms with Gasteiger partial charge in [0.2, 0.25) is 0 Å². The number of anilines is 2. The lowest BCUT2D eigenvalue weighted by molar-refractivity contribution is 0.0896. The van der Waals surface area contributed by atoms with Crippen LogP contribution in [0.1, 0.15) is 67.5 Å². The second kappa shape index (κ2) is 11.2. The van der Waals surface area contributed by atoms with E-state index in [9.17, 15) is 4.79 Å². The van der Waals surface area contributed by atoms with Gasteiger partial charge in [-0.15, -0.1) is 11.3 Å².